The monoisotopic (exact) mass is 326 g/mol. The van der Waals surface area contributed by atoms with Crippen molar-refractivity contribution in [3.05, 3.63) is 70.8 Å². The number of carbonyl (C=O) groups is 4. The third-order valence-corrected chi connectivity index (χ3v) is 3.30. The maximum Gasteiger partial charge on any atom is 0.337 e. The molecule has 0 fully saturated rings. The highest BCUT2D eigenvalue weighted by atomic mass is 16.5. The standard InChI is InChI=1S/C18H14O6/c1-23-17(21)13-7-3-5-11(9-13)15(19)16(20)12-6-4-8-14(10-12)18(22)24-2/h3-10H,1-2H3. The lowest BCUT2D eigenvalue weighted by atomic mass is 9.99. The van der Waals surface area contributed by atoms with Gasteiger partial charge in [-0.15, -0.1) is 0 Å². The van der Waals surface area contributed by atoms with E-state index in [2.05, 4.69) is 9.47 Å². The molecule has 0 aliphatic carbocycles. The number of hydrogen-bond donors (Lipinski definition) is 0. The molecule has 2 rings (SSSR count). The molecular formula is C18H14O6. The summed E-state index contributed by atoms with van der Waals surface area (Å²) in [5.74, 6) is -2.79. The fraction of sp³-hybridized carbons (Fsp3) is 0.111. The van der Waals surface area contributed by atoms with Crippen LogP contribution in [0.2, 0.25) is 0 Å². The fourth-order valence-corrected chi connectivity index (χ4v) is 2.07. The van der Waals surface area contributed by atoms with Gasteiger partial charge in [0.1, 0.15) is 0 Å². The van der Waals surface area contributed by atoms with Gasteiger partial charge in [-0.2, -0.15) is 0 Å². The van der Waals surface area contributed by atoms with Gasteiger partial charge in [0.05, 0.1) is 25.3 Å². The molecule has 2 aromatic rings. The molecule has 24 heavy (non-hydrogen) atoms. The largest absolute Gasteiger partial charge is 0.465 e. The molecule has 0 aromatic heterocycles. The molecule has 0 N–H and O–H groups in total. The van der Waals surface area contributed by atoms with E-state index < -0.39 is 23.5 Å². The first-order valence-corrected chi connectivity index (χ1v) is 6.93. The van der Waals surface area contributed by atoms with E-state index in [1.54, 1.807) is 0 Å². The zero-order chi connectivity index (χ0) is 17.7. The van der Waals surface area contributed by atoms with Crippen molar-refractivity contribution < 1.29 is 28.7 Å². The highest BCUT2D eigenvalue weighted by Crippen LogP contribution is 2.13. The van der Waals surface area contributed by atoms with Crippen molar-refractivity contribution in [2.75, 3.05) is 14.2 Å². The maximum atomic E-state index is 12.3. The minimum atomic E-state index is -0.789. The summed E-state index contributed by atoms with van der Waals surface area (Å²) < 4.78 is 9.17. The Labute approximate surface area is 138 Å². The number of methoxy groups -OCH3 is 2. The summed E-state index contributed by atoms with van der Waals surface area (Å²) in [7, 11) is 2.45. The predicted molar refractivity (Wildman–Crippen MR) is 84.2 cm³/mol. The molecule has 0 bridgehead atoms. The molecular weight excluding hydrogens is 312 g/mol. The fourth-order valence-electron chi connectivity index (χ4n) is 2.07. The van der Waals surface area contributed by atoms with Crippen molar-refractivity contribution in [2.24, 2.45) is 0 Å². The van der Waals surface area contributed by atoms with Crippen LogP contribution in [0.5, 0.6) is 0 Å². The van der Waals surface area contributed by atoms with Gasteiger partial charge in [0.15, 0.2) is 0 Å². The first-order valence-electron chi connectivity index (χ1n) is 6.93. The van der Waals surface area contributed by atoms with Crippen LogP contribution in [0.3, 0.4) is 0 Å². The molecule has 0 aliphatic rings. The normalized spacial score (nSPS) is 9.92. The van der Waals surface area contributed by atoms with Crippen LogP contribution in [0, 0.1) is 0 Å². The number of ketones is 2. The highest BCUT2D eigenvalue weighted by molar-refractivity contribution is 6.49. The van der Waals surface area contributed by atoms with Crippen molar-refractivity contribution in [3.8, 4) is 0 Å². The molecule has 0 amide bonds. The van der Waals surface area contributed by atoms with Crippen molar-refractivity contribution in [1.82, 2.24) is 0 Å². The van der Waals surface area contributed by atoms with Crippen LogP contribution in [0.4, 0.5) is 0 Å². The molecule has 2 aromatic carbocycles. The lowest BCUT2D eigenvalue weighted by molar-refractivity contribution is 0.0591. The van der Waals surface area contributed by atoms with Crippen molar-refractivity contribution in [3.63, 3.8) is 0 Å². The van der Waals surface area contributed by atoms with Crippen LogP contribution >= 0.6 is 0 Å². The average Bonchev–Trinajstić information content (AvgIpc) is 2.65. The number of hydrogen-bond acceptors (Lipinski definition) is 6. The minimum absolute atomic E-state index is 0.0615. The SMILES string of the molecule is COC(=O)c1cccc(C(=O)C(=O)c2cccc(C(=O)OC)c2)c1. The summed E-state index contributed by atoms with van der Waals surface area (Å²) in [5.41, 5.74) is 0.455. The summed E-state index contributed by atoms with van der Waals surface area (Å²) in [6, 6.07) is 11.4. The molecule has 0 heterocycles. The Morgan fingerprint density at radius 2 is 0.958 bits per heavy atom. The van der Waals surface area contributed by atoms with Gasteiger partial charge in [0, 0.05) is 11.1 Å². The van der Waals surface area contributed by atoms with Crippen LogP contribution in [-0.2, 0) is 9.47 Å². The smallest absolute Gasteiger partial charge is 0.337 e. The molecule has 6 nitrogen and oxygen atoms in total. The Morgan fingerprint density at radius 3 is 1.29 bits per heavy atom. The zero-order valence-electron chi connectivity index (χ0n) is 13.1. The van der Waals surface area contributed by atoms with Crippen LogP contribution < -0.4 is 0 Å². The molecule has 0 unspecified atom stereocenters. The topological polar surface area (TPSA) is 86.7 Å². The summed E-state index contributed by atoms with van der Waals surface area (Å²) in [6.07, 6.45) is 0. The lowest BCUT2D eigenvalue weighted by Crippen LogP contribution is -2.16. The Kier molecular flexibility index (Phi) is 5.21. The first kappa shape index (κ1) is 17.1. The second-order valence-electron chi connectivity index (χ2n) is 4.80. The maximum absolute atomic E-state index is 12.3. The first-order chi connectivity index (χ1) is 11.5. The Bertz CT molecular complexity index is 752. The highest BCUT2D eigenvalue weighted by Gasteiger charge is 2.20. The van der Waals surface area contributed by atoms with Gasteiger partial charge >= 0.3 is 11.9 Å². The van der Waals surface area contributed by atoms with Crippen LogP contribution in [0.1, 0.15) is 41.4 Å². The molecule has 0 atom stereocenters. The third-order valence-electron chi connectivity index (χ3n) is 3.30. The minimum Gasteiger partial charge on any atom is -0.465 e. The number of esters is 2. The molecule has 0 aliphatic heterocycles. The number of carbonyl (C=O) groups excluding carboxylic acids is 4. The number of rotatable bonds is 5. The van der Waals surface area contributed by atoms with E-state index >= 15 is 0 Å². The van der Waals surface area contributed by atoms with Gasteiger partial charge in [-0.05, 0) is 24.3 Å². The molecule has 0 saturated heterocycles. The van der Waals surface area contributed by atoms with E-state index in [0.29, 0.717) is 0 Å². The lowest BCUT2D eigenvalue weighted by Gasteiger charge is -2.05. The number of benzene rings is 2. The van der Waals surface area contributed by atoms with E-state index in [4.69, 9.17) is 0 Å². The summed E-state index contributed by atoms with van der Waals surface area (Å²) in [6.45, 7) is 0. The van der Waals surface area contributed by atoms with Gasteiger partial charge < -0.3 is 9.47 Å². The summed E-state index contributed by atoms with van der Waals surface area (Å²) >= 11 is 0. The molecule has 122 valence electrons. The Hall–Kier alpha value is -3.28. The van der Waals surface area contributed by atoms with E-state index in [1.807, 2.05) is 0 Å². The predicted octanol–water partition coefficient (Wildman–Crippen LogP) is 2.33. The Balaban J connectivity index is 2.32. The summed E-state index contributed by atoms with van der Waals surface area (Å²) in [4.78, 5) is 47.7. The average molecular weight is 326 g/mol. The van der Waals surface area contributed by atoms with Crippen molar-refractivity contribution >= 4 is 23.5 Å². The zero-order valence-corrected chi connectivity index (χ0v) is 13.1. The number of Topliss-reactive ketones (excluding diaryl/α,β-unsaturated/α-hetero) is 2. The van der Waals surface area contributed by atoms with E-state index in [9.17, 15) is 19.2 Å². The van der Waals surface area contributed by atoms with Gasteiger partial charge in [0.2, 0.25) is 11.6 Å². The van der Waals surface area contributed by atoms with Gasteiger partial charge in [-0.3, -0.25) is 9.59 Å². The summed E-state index contributed by atoms with van der Waals surface area (Å²) in [5, 5.41) is 0. The van der Waals surface area contributed by atoms with Crippen LogP contribution in [0.25, 0.3) is 0 Å². The van der Waals surface area contributed by atoms with Gasteiger partial charge in [0.25, 0.3) is 0 Å². The second kappa shape index (κ2) is 7.32. The second-order valence-corrected chi connectivity index (χ2v) is 4.80. The van der Waals surface area contributed by atoms with Gasteiger partial charge in [-0.25, -0.2) is 9.59 Å². The van der Waals surface area contributed by atoms with Crippen molar-refractivity contribution in [1.29, 1.82) is 0 Å². The molecule has 0 radical (unpaired) electrons. The molecule has 0 saturated carbocycles. The molecule has 0 spiro atoms. The van der Waals surface area contributed by atoms with Gasteiger partial charge in [-0.1, -0.05) is 24.3 Å². The Morgan fingerprint density at radius 1 is 0.625 bits per heavy atom. The van der Waals surface area contributed by atoms with Crippen molar-refractivity contribution in [2.45, 2.75) is 0 Å². The van der Waals surface area contributed by atoms with E-state index in [-0.39, 0.29) is 22.3 Å². The number of ether oxygens (including phenoxy) is 2. The van der Waals surface area contributed by atoms with E-state index in [0.717, 1.165) is 0 Å². The third kappa shape index (κ3) is 3.55. The van der Waals surface area contributed by atoms with E-state index in [1.165, 1.54) is 62.8 Å². The quantitative estimate of drug-likeness (QED) is 0.476. The van der Waals surface area contributed by atoms with Crippen LogP contribution in [-0.4, -0.2) is 37.7 Å². The van der Waals surface area contributed by atoms with Crippen LogP contribution in [0.15, 0.2) is 48.5 Å². The molecule has 6 heteroatoms.